The number of carbonyl (C=O) groups is 1. The van der Waals surface area contributed by atoms with E-state index in [2.05, 4.69) is 15.5 Å². The first-order chi connectivity index (χ1) is 15.1. The van der Waals surface area contributed by atoms with Crippen LogP contribution in [0.25, 0.3) is 9.53 Å². The van der Waals surface area contributed by atoms with Gasteiger partial charge in [-0.3, -0.25) is 4.79 Å². The number of nitrogens with one attached hydrogen (secondary N) is 2. The van der Waals surface area contributed by atoms with Gasteiger partial charge in [-0.25, -0.2) is 4.98 Å². The molecule has 2 N–H and O–H groups in total. The molecular formula is C22H19ClN4O2S2. The molecule has 2 aromatic carbocycles. The van der Waals surface area contributed by atoms with E-state index < -0.39 is 0 Å². The molecule has 0 atom stereocenters. The average molecular weight is 471 g/mol. The molecule has 4 aromatic rings. The molecule has 0 bridgehead atoms. The number of amides is 1. The van der Waals surface area contributed by atoms with Crippen molar-refractivity contribution in [3.05, 3.63) is 64.5 Å². The fraction of sp³-hybridized carbons (Fsp3) is 0.182. The summed E-state index contributed by atoms with van der Waals surface area (Å²) < 4.78 is 6.84. The average Bonchev–Trinajstić information content (AvgIpc) is 3.37. The van der Waals surface area contributed by atoms with E-state index >= 15 is 0 Å². The zero-order valence-electron chi connectivity index (χ0n) is 16.4. The van der Waals surface area contributed by atoms with Crippen LogP contribution in [0.15, 0.2) is 54.6 Å². The van der Waals surface area contributed by atoms with E-state index in [1.807, 2.05) is 42.5 Å². The zero-order valence-corrected chi connectivity index (χ0v) is 18.8. The van der Waals surface area contributed by atoms with Crippen LogP contribution < -0.4 is 20.3 Å². The fourth-order valence-corrected chi connectivity index (χ4v) is 5.55. The summed E-state index contributed by atoms with van der Waals surface area (Å²) in [5.74, 6) is 1.25. The smallest absolute Gasteiger partial charge is 0.265 e. The minimum Gasteiger partial charge on any atom is -0.457 e. The third kappa shape index (κ3) is 4.67. The van der Waals surface area contributed by atoms with Crippen molar-refractivity contribution in [1.82, 2.24) is 10.3 Å². The topological polar surface area (TPSA) is 66.5 Å². The van der Waals surface area contributed by atoms with Crippen molar-refractivity contribution in [2.45, 2.75) is 0 Å². The molecule has 1 fully saturated rings. The van der Waals surface area contributed by atoms with E-state index in [1.165, 1.54) is 11.3 Å². The Morgan fingerprint density at radius 3 is 2.39 bits per heavy atom. The van der Waals surface area contributed by atoms with Crippen LogP contribution in [0.3, 0.4) is 0 Å². The normalized spacial score (nSPS) is 14.0. The monoisotopic (exact) mass is 470 g/mol. The van der Waals surface area contributed by atoms with Gasteiger partial charge in [-0.15, -0.1) is 11.3 Å². The quantitative estimate of drug-likeness (QED) is 0.405. The molecule has 5 rings (SSSR count). The second-order valence-electron chi connectivity index (χ2n) is 7.05. The van der Waals surface area contributed by atoms with Gasteiger partial charge in [-0.05, 0) is 54.6 Å². The number of nitrogens with zero attached hydrogens (tertiary/aromatic N) is 2. The molecule has 1 aliphatic rings. The Balaban J connectivity index is 1.23. The number of hydrogen-bond acceptors (Lipinski definition) is 7. The number of thiophene rings is 1. The third-order valence-electron chi connectivity index (χ3n) is 4.85. The molecule has 6 nitrogen and oxygen atoms in total. The molecule has 31 heavy (non-hydrogen) atoms. The summed E-state index contributed by atoms with van der Waals surface area (Å²) in [6.07, 6.45) is 0. The lowest BCUT2D eigenvalue weighted by Gasteiger charge is -2.26. The first-order valence-corrected chi connectivity index (χ1v) is 11.9. The number of halogens is 1. The SMILES string of the molecule is O=C(Nc1ccc(Oc2ccc(Cl)cc2)cc1)c1cc2sc(N3CCNCC3)nc2s1. The van der Waals surface area contributed by atoms with Gasteiger partial charge in [0.15, 0.2) is 5.13 Å². The van der Waals surface area contributed by atoms with Crippen LogP contribution in [0.5, 0.6) is 11.5 Å². The molecular weight excluding hydrogens is 452 g/mol. The fourth-order valence-electron chi connectivity index (χ4n) is 3.26. The highest BCUT2D eigenvalue weighted by Crippen LogP contribution is 2.35. The van der Waals surface area contributed by atoms with E-state index in [4.69, 9.17) is 21.3 Å². The molecule has 158 valence electrons. The molecule has 0 aliphatic carbocycles. The first kappa shape index (κ1) is 20.3. The van der Waals surface area contributed by atoms with Crippen LogP contribution in [0, 0.1) is 0 Å². The molecule has 2 aromatic heterocycles. The van der Waals surface area contributed by atoms with Crippen molar-refractivity contribution in [2.24, 2.45) is 0 Å². The Morgan fingerprint density at radius 2 is 1.71 bits per heavy atom. The highest BCUT2D eigenvalue weighted by atomic mass is 35.5. The highest BCUT2D eigenvalue weighted by Gasteiger charge is 2.18. The molecule has 3 heterocycles. The van der Waals surface area contributed by atoms with Crippen LogP contribution in [-0.2, 0) is 0 Å². The number of benzene rings is 2. The Kier molecular flexibility index (Phi) is 5.78. The molecule has 0 unspecified atom stereocenters. The van der Waals surface area contributed by atoms with Crippen molar-refractivity contribution >= 4 is 60.5 Å². The van der Waals surface area contributed by atoms with Crippen LogP contribution in [0.1, 0.15) is 9.67 Å². The number of anilines is 2. The molecule has 1 amide bonds. The van der Waals surface area contributed by atoms with Crippen LogP contribution in [0.4, 0.5) is 10.8 Å². The van der Waals surface area contributed by atoms with Gasteiger partial charge in [0.2, 0.25) is 0 Å². The number of aromatic nitrogens is 1. The lowest BCUT2D eigenvalue weighted by Crippen LogP contribution is -2.43. The van der Waals surface area contributed by atoms with Crippen molar-refractivity contribution in [2.75, 3.05) is 36.4 Å². The number of rotatable bonds is 5. The van der Waals surface area contributed by atoms with Gasteiger partial charge in [0.1, 0.15) is 16.3 Å². The summed E-state index contributed by atoms with van der Waals surface area (Å²) in [5.41, 5.74) is 0.708. The molecule has 1 aliphatic heterocycles. The van der Waals surface area contributed by atoms with E-state index in [1.54, 1.807) is 23.5 Å². The van der Waals surface area contributed by atoms with Gasteiger partial charge in [0.05, 0.1) is 9.58 Å². The largest absolute Gasteiger partial charge is 0.457 e. The zero-order chi connectivity index (χ0) is 21.2. The van der Waals surface area contributed by atoms with E-state index in [-0.39, 0.29) is 5.91 Å². The molecule has 0 saturated carbocycles. The second kappa shape index (κ2) is 8.84. The van der Waals surface area contributed by atoms with Crippen molar-refractivity contribution in [1.29, 1.82) is 0 Å². The van der Waals surface area contributed by atoms with Gasteiger partial charge in [-0.2, -0.15) is 0 Å². The lowest BCUT2D eigenvalue weighted by molar-refractivity contribution is 0.103. The van der Waals surface area contributed by atoms with E-state index in [0.717, 1.165) is 40.8 Å². The Bertz CT molecular complexity index is 1170. The van der Waals surface area contributed by atoms with Gasteiger partial charge >= 0.3 is 0 Å². The lowest BCUT2D eigenvalue weighted by atomic mass is 10.3. The molecule has 1 saturated heterocycles. The third-order valence-corrected chi connectivity index (χ3v) is 7.32. The molecule has 0 radical (unpaired) electrons. The number of fused-ring (bicyclic) bond motifs is 1. The Labute approximate surface area is 192 Å². The summed E-state index contributed by atoms with van der Waals surface area (Å²) in [7, 11) is 0. The molecule has 9 heteroatoms. The van der Waals surface area contributed by atoms with E-state index in [9.17, 15) is 4.79 Å². The number of piperazine rings is 1. The maximum absolute atomic E-state index is 12.7. The van der Waals surface area contributed by atoms with Crippen molar-refractivity contribution in [3.63, 3.8) is 0 Å². The molecule has 0 spiro atoms. The maximum atomic E-state index is 12.7. The minimum absolute atomic E-state index is 0.134. The van der Waals surface area contributed by atoms with E-state index in [0.29, 0.717) is 27.1 Å². The number of thiazole rings is 1. The number of ether oxygens (including phenoxy) is 1. The summed E-state index contributed by atoms with van der Waals surface area (Å²) in [6, 6.07) is 16.4. The Hall–Kier alpha value is -2.65. The second-order valence-corrected chi connectivity index (χ2v) is 9.52. The van der Waals surface area contributed by atoms with Gasteiger partial charge < -0.3 is 20.3 Å². The number of hydrogen-bond donors (Lipinski definition) is 2. The van der Waals surface area contributed by atoms with Crippen molar-refractivity contribution in [3.8, 4) is 11.5 Å². The predicted octanol–water partition coefficient (Wildman–Crippen LogP) is 5.47. The van der Waals surface area contributed by atoms with Crippen LogP contribution in [0.2, 0.25) is 5.02 Å². The van der Waals surface area contributed by atoms with Crippen LogP contribution >= 0.6 is 34.3 Å². The van der Waals surface area contributed by atoms with Gasteiger partial charge in [0.25, 0.3) is 5.91 Å². The summed E-state index contributed by atoms with van der Waals surface area (Å²) in [6.45, 7) is 3.88. The predicted molar refractivity (Wildman–Crippen MR) is 129 cm³/mol. The van der Waals surface area contributed by atoms with Crippen molar-refractivity contribution < 1.29 is 9.53 Å². The summed E-state index contributed by atoms with van der Waals surface area (Å²) in [5, 5.41) is 7.99. The van der Waals surface area contributed by atoms with Crippen LogP contribution in [-0.4, -0.2) is 37.1 Å². The Morgan fingerprint density at radius 1 is 1.03 bits per heavy atom. The number of carbonyl (C=O) groups excluding carboxylic acids is 1. The first-order valence-electron chi connectivity index (χ1n) is 9.85. The standard InChI is InChI=1S/C22H19ClN4O2S2/c23-14-1-5-16(6-2-14)29-17-7-3-15(4-8-17)25-20(28)18-13-19-21(30-18)26-22(31-19)27-11-9-24-10-12-27/h1-8,13,24H,9-12H2,(H,25,28). The minimum atomic E-state index is -0.134. The summed E-state index contributed by atoms with van der Waals surface area (Å²) in [4.78, 5) is 21.3. The maximum Gasteiger partial charge on any atom is 0.265 e. The van der Waals surface area contributed by atoms with Gasteiger partial charge in [0, 0.05) is 36.9 Å². The summed E-state index contributed by atoms with van der Waals surface area (Å²) >= 11 is 8.96. The van der Waals surface area contributed by atoms with Gasteiger partial charge in [-0.1, -0.05) is 22.9 Å². The highest BCUT2D eigenvalue weighted by molar-refractivity contribution is 7.29.